The summed E-state index contributed by atoms with van der Waals surface area (Å²) in [6, 6.07) is 0. The zero-order chi connectivity index (χ0) is 15.1. The maximum atomic E-state index is 11.3. The number of hydrogen-bond acceptors (Lipinski definition) is 5. The van der Waals surface area contributed by atoms with E-state index in [4.69, 9.17) is 0 Å². The van der Waals surface area contributed by atoms with Crippen molar-refractivity contribution in [3.05, 3.63) is 16.8 Å². The van der Waals surface area contributed by atoms with Crippen molar-refractivity contribution in [2.75, 3.05) is 18.0 Å². The van der Waals surface area contributed by atoms with Crippen molar-refractivity contribution in [1.29, 1.82) is 0 Å². The van der Waals surface area contributed by atoms with Crippen LogP contribution < -0.4 is 4.90 Å². The fraction of sp³-hybridized carbons (Fsp3) is 0.562. The lowest BCUT2D eigenvalue weighted by Gasteiger charge is -2.32. The lowest BCUT2D eigenvalue weighted by Crippen LogP contribution is -2.39. The molecule has 2 aromatic heterocycles. The van der Waals surface area contributed by atoms with E-state index in [1.165, 1.54) is 28.7 Å². The highest BCUT2D eigenvalue weighted by Crippen LogP contribution is 2.40. The Kier molecular flexibility index (Phi) is 3.48. The second kappa shape index (κ2) is 5.50. The molecule has 0 amide bonds. The standard InChI is InChI=1S/C16H19N3O2S/c20-16(21)10-4-3-7-19(8-10)14-13-11-5-1-2-6-12(11)22-15(13)18-9-17-14/h9-10H,1-8H2,(H,20,21). The van der Waals surface area contributed by atoms with Crippen LogP contribution in [0.2, 0.25) is 0 Å². The summed E-state index contributed by atoms with van der Waals surface area (Å²) >= 11 is 1.79. The van der Waals surface area contributed by atoms with Crippen LogP contribution in [0.25, 0.3) is 10.2 Å². The number of anilines is 1. The Morgan fingerprint density at radius 2 is 2.14 bits per heavy atom. The van der Waals surface area contributed by atoms with Crippen molar-refractivity contribution in [3.8, 4) is 0 Å². The third kappa shape index (κ3) is 2.26. The molecule has 1 atom stereocenters. The average Bonchev–Trinajstić information content (AvgIpc) is 2.93. The Morgan fingerprint density at radius 3 is 3.00 bits per heavy atom. The van der Waals surface area contributed by atoms with E-state index in [9.17, 15) is 9.90 Å². The molecule has 6 heteroatoms. The Morgan fingerprint density at radius 1 is 1.27 bits per heavy atom. The number of nitrogens with zero attached hydrogens (tertiary/aromatic N) is 3. The second-order valence-electron chi connectivity index (χ2n) is 6.21. The highest BCUT2D eigenvalue weighted by atomic mass is 32.1. The van der Waals surface area contributed by atoms with Gasteiger partial charge < -0.3 is 10.0 Å². The van der Waals surface area contributed by atoms with Crippen LogP contribution in [0.5, 0.6) is 0 Å². The Bertz CT molecular complexity index is 727. The molecule has 0 spiro atoms. The molecule has 3 heterocycles. The summed E-state index contributed by atoms with van der Waals surface area (Å²) in [7, 11) is 0. The largest absolute Gasteiger partial charge is 0.481 e. The van der Waals surface area contributed by atoms with Gasteiger partial charge in [0, 0.05) is 18.0 Å². The van der Waals surface area contributed by atoms with Crippen LogP contribution in [-0.4, -0.2) is 34.1 Å². The summed E-state index contributed by atoms with van der Waals surface area (Å²) in [6.45, 7) is 1.45. The van der Waals surface area contributed by atoms with E-state index in [2.05, 4.69) is 14.9 Å². The molecule has 1 aliphatic heterocycles. The third-order valence-electron chi connectivity index (χ3n) is 4.80. The van der Waals surface area contributed by atoms with Crippen LogP contribution >= 0.6 is 11.3 Å². The summed E-state index contributed by atoms with van der Waals surface area (Å²) in [6.07, 6.45) is 8.04. The van der Waals surface area contributed by atoms with E-state index in [1.54, 1.807) is 17.7 Å². The minimum absolute atomic E-state index is 0.284. The van der Waals surface area contributed by atoms with E-state index in [0.29, 0.717) is 6.54 Å². The fourth-order valence-electron chi connectivity index (χ4n) is 3.68. The van der Waals surface area contributed by atoms with E-state index >= 15 is 0 Å². The molecule has 0 saturated carbocycles. The van der Waals surface area contributed by atoms with Gasteiger partial charge in [-0.05, 0) is 44.1 Å². The molecule has 0 bridgehead atoms. The number of piperidine rings is 1. The van der Waals surface area contributed by atoms with Crippen LogP contribution in [0.1, 0.15) is 36.1 Å². The first-order valence-corrected chi connectivity index (χ1v) is 8.78. The van der Waals surface area contributed by atoms with Gasteiger partial charge in [0.25, 0.3) is 0 Å². The lowest BCUT2D eigenvalue weighted by molar-refractivity contribution is -0.141. The highest BCUT2D eigenvalue weighted by Gasteiger charge is 2.29. The quantitative estimate of drug-likeness (QED) is 0.922. The van der Waals surface area contributed by atoms with Crippen molar-refractivity contribution in [2.24, 2.45) is 5.92 Å². The predicted molar refractivity (Wildman–Crippen MR) is 86.6 cm³/mol. The first-order valence-electron chi connectivity index (χ1n) is 7.97. The van der Waals surface area contributed by atoms with Crippen molar-refractivity contribution in [1.82, 2.24) is 9.97 Å². The molecule has 22 heavy (non-hydrogen) atoms. The van der Waals surface area contributed by atoms with Crippen LogP contribution in [0, 0.1) is 5.92 Å². The summed E-state index contributed by atoms with van der Waals surface area (Å²) < 4.78 is 0. The number of aliphatic carboxylic acids is 1. The van der Waals surface area contributed by atoms with Gasteiger partial charge >= 0.3 is 5.97 Å². The predicted octanol–water partition coefficient (Wildman–Crippen LogP) is 2.87. The van der Waals surface area contributed by atoms with Gasteiger partial charge in [0.15, 0.2) is 0 Å². The van der Waals surface area contributed by atoms with Crippen molar-refractivity contribution >= 4 is 33.3 Å². The fourth-order valence-corrected chi connectivity index (χ4v) is 4.91. The molecule has 0 aromatic carbocycles. The molecule has 5 nitrogen and oxygen atoms in total. The Balaban J connectivity index is 1.78. The van der Waals surface area contributed by atoms with Gasteiger partial charge in [0.2, 0.25) is 0 Å². The van der Waals surface area contributed by atoms with Gasteiger partial charge in [0.05, 0.1) is 11.3 Å². The Hall–Kier alpha value is -1.69. The smallest absolute Gasteiger partial charge is 0.308 e. The van der Waals surface area contributed by atoms with Crippen molar-refractivity contribution < 1.29 is 9.90 Å². The maximum absolute atomic E-state index is 11.3. The zero-order valence-corrected chi connectivity index (χ0v) is 13.2. The van der Waals surface area contributed by atoms with Gasteiger partial charge in [-0.15, -0.1) is 11.3 Å². The second-order valence-corrected chi connectivity index (χ2v) is 7.30. The average molecular weight is 317 g/mol. The number of aromatic nitrogens is 2. The first-order chi connectivity index (χ1) is 10.7. The molecule has 1 fully saturated rings. The van der Waals surface area contributed by atoms with Crippen molar-refractivity contribution in [2.45, 2.75) is 38.5 Å². The molecule has 2 aliphatic rings. The molecule has 116 valence electrons. The molecular weight excluding hydrogens is 298 g/mol. The molecule has 1 unspecified atom stereocenters. The first kappa shape index (κ1) is 13.9. The number of rotatable bonds is 2. The number of carboxylic acid groups (broad SMARTS) is 1. The monoisotopic (exact) mass is 317 g/mol. The minimum atomic E-state index is -0.692. The van der Waals surface area contributed by atoms with Crippen LogP contribution in [0.4, 0.5) is 5.82 Å². The molecule has 1 saturated heterocycles. The third-order valence-corrected chi connectivity index (χ3v) is 6.00. The molecular formula is C16H19N3O2S. The molecule has 0 radical (unpaired) electrons. The normalized spacial score (nSPS) is 21.8. The molecule has 4 rings (SSSR count). The number of fused-ring (bicyclic) bond motifs is 3. The lowest BCUT2D eigenvalue weighted by atomic mass is 9.95. The van der Waals surface area contributed by atoms with E-state index in [1.807, 2.05) is 0 Å². The van der Waals surface area contributed by atoms with Crippen LogP contribution in [0.3, 0.4) is 0 Å². The summed E-state index contributed by atoms with van der Waals surface area (Å²) in [4.78, 5) is 25.0. The van der Waals surface area contributed by atoms with Crippen molar-refractivity contribution in [3.63, 3.8) is 0 Å². The zero-order valence-electron chi connectivity index (χ0n) is 12.4. The summed E-state index contributed by atoms with van der Waals surface area (Å²) in [5.74, 6) is -0.0223. The number of hydrogen-bond donors (Lipinski definition) is 1. The highest BCUT2D eigenvalue weighted by molar-refractivity contribution is 7.19. The SMILES string of the molecule is O=C(O)C1CCCN(c2ncnc3sc4c(c23)CCCC4)C1. The van der Waals surface area contributed by atoms with Gasteiger partial charge in [-0.2, -0.15) is 0 Å². The molecule has 1 N–H and O–H groups in total. The summed E-state index contributed by atoms with van der Waals surface area (Å²) in [5, 5.41) is 10.5. The minimum Gasteiger partial charge on any atom is -0.481 e. The number of thiophene rings is 1. The number of aryl methyl sites for hydroxylation is 2. The van der Waals surface area contributed by atoms with Gasteiger partial charge in [0.1, 0.15) is 17.0 Å². The van der Waals surface area contributed by atoms with E-state index < -0.39 is 5.97 Å². The van der Waals surface area contributed by atoms with E-state index in [0.717, 1.165) is 42.9 Å². The number of carboxylic acids is 1. The van der Waals surface area contributed by atoms with Crippen LogP contribution in [0.15, 0.2) is 6.33 Å². The van der Waals surface area contributed by atoms with Gasteiger partial charge in [-0.25, -0.2) is 9.97 Å². The van der Waals surface area contributed by atoms with Gasteiger partial charge in [-0.3, -0.25) is 4.79 Å². The number of carbonyl (C=O) groups is 1. The molecule has 1 aliphatic carbocycles. The Labute approximate surface area is 133 Å². The maximum Gasteiger partial charge on any atom is 0.308 e. The van der Waals surface area contributed by atoms with Crippen LogP contribution in [-0.2, 0) is 17.6 Å². The van der Waals surface area contributed by atoms with Gasteiger partial charge in [-0.1, -0.05) is 0 Å². The van der Waals surface area contributed by atoms with E-state index in [-0.39, 0.29) is 5.92 Å². The topological polar surface area (TPSA) is 66.3 Å². The summed E-state index contributed by atoms with van der Waals surface area (Å²) in [5.41, 5.74) is 1.42. The molecule has 2 aromatic rings.